The third-order valence-corrected chi connectivity index (χ3v) is 33.6. The molecule has 0 atom stereocenters. The number of para-hydroxylation sites is 10. The Labute approximate surface area is 850 Å². The van der Waals surface area contributed by atoms with Gasteiger partial charge in [0.15, 0.2) is 0 Å². The summed E-state index contributed by atoms with van der Waals surface area (Å²) in [6.07, 6.45) is 0. The van der Waals surface area contributed by atoms with Crippen molar-refractivity contribution in [1.29, 1.82) is 0 Å². The van der Waals surface area contributed by atoms with Crippen LogP contribution in [0.15, 0.2) is 441 Å². The topological polar surface area (TPSA) is 119 Å². The highest BCUT2D eigenvalue weighted by Gasteiger charge is 2.40. The lowest BCUT2D eigenvalue weighted by Crippen LogP contribution is -2.15. The number of thiophene rings is 1. The fourth-order valence-corrected chi connectivity index (χ4v) is 27.6. The first kappa shape index (κ1) is 80.9. The van der Waals surface area contributed by atoms with E-state index < -0.39 is 0 Å². The van der Waals surface area contributed by atoms with Gasteiger partial charge >= 0.3 is 0 Å². The Balaban J connectivity index is 0.0000000953. The molecule has 0 radical (unpaired) electrons. The van der Waals surface area contributed by atoms with Crippen molar-refractivity contribution in [2.75, 3.05) is 0 Å². The summed E-state index contributed by atoms with van der Waals surface area (Å²) in [5.74, 6) is 1.99. The maximum absolute atomic E-state index is 6.72. The predicted octanol–water partition coefficient (Wildman–Crippen LogP) is 35.2. The highest BCUT2D eigenvalue weighted by Crippen LogP contribution is 2.59. The van der Waals surface area contributed by atoms with E-state index in [1.54, 1.807) is 0 Å². The highest BCUT2D eigenvalue weighted by atomic mass is 32.1. The van der Waals surface area contributed by atoms with Crippen molar-refractivity contribution in [2.24, 2.45) is 0 Å². The molecule has 0 fully saturated rings. The molecule has 0 N–H and O–H groups in total. The van der Waals surface area contributed by atoms with Crippen molar-refractivity contribution in [1.82, 2.24) is 56.8 Å². The number of hydrogen-bond acceptors (Lipinski definition) is 8. The average molecular weight is 1920 g/mol. The van der Waals surface area contributed by atoms with Gasteiger partial charge in [-0.1, -0.05) is 360 Å². The Morgan fingerprint density at radius 3 is 1.09 bits per heavy atom. The van der Waals surface area contributed by atoms with E-state index in [4.69, 9.17) is 34.3 Å². The lowest BCUT2D eigenvalue weighted by Gasteiger charge is -2.22. The minimum Gasteiger partial charge on any atom is -0.456 e. The Bertz CT molecular complexity index is 11600. The van der Waals surface area contributed by atoms with Crippen LogP contribution in [0.1, 0.15) is 25.0 Å². The zero-order valence-corrected chi connectivity index (χ0v) is 81.1. The molecule has 36 rings (SSSR count). The molecule has 690 valence electrons. The van der Waals surface area contributed by atoms with Gasteiger partial charge in [0, 0.05) is 156 Å². The van der Waals surface area contributed by atoms with E-state index in [1.165, 1.54) is 184 Å². The Kier molecular flexibility index (Phi) is 16.2. The largest absolute Gasteiger partial charge is 0.456 e. The number of rotatable bonds is 6. The van der Waals surface area contributed by atoms with Crippen LogP contribution in [0.5, 0.6) is 0 Å². The van der Waals surface area contributed by atoms with Crippen molar-refractivity contribution in [3.8, 4) is 62.7 Å². The summed E-state index contributed by atoms with van der Waals surface area (Å²) in [6.45, 7) is 4.76. The number of benzene rings is 21. The van der Waals surface area contributed by atoms with Crippen molar-refractivity contribution in [3.05, 3.63) is 448 Å². The number of nitrogens with zero attached hydrogens (tertiary/aromatic N) is 12. The van der Waals surface area contributed by atoms with Gasteiger partial charge in [0.05, 0.1) is 122 Å². The van der Waals surface area contributed by atoms with Crippen molar-refractivity contribution in [3.63, 3.8) is 0 Å². The molecule has 13 nitrogen and oxygen atoms in total. The molecule has 14 heterocycles. The van der Waals surface area contributed by atoms with Gasteiger partial charge in [-0.25, -0.2) is 29.9 Å². The molecule has 1 aliphatic carbocycles. The molecule has 0 saturated heterocycles. The summed E-state index contributed by atoms with van der Waals surface area (Å²) in [6, 6.07) is 157. The molecule has 14 aromatic heterocycles. The van der Waals surface area contributed by atoms with Crippen LogP contribution in [0, 0.1) is 0 Å². The fraction of sp³-hybridized carbons (Fsp3) is 0.0222. The first-order valence-electron chi connectivity index (χ1n) is 50.9. The normalized spacial score (nSPS) is 13.0. The average Bonchev–Trinajstić information content (AvgIpc) is 1.51. The quantitative estimate of drug-likeness (QED) is 0.163. The van der Waals surface area contributed by atoms with Crippen LogP contribution in [-0.4, -0.2) is 56.8 Å². The summed E-state index contributed by atoms with van der Waals surface area (Å²) in [5.41, 5.74) is 33.1. The monoisotopic (exact) mass is 1910 g/mol. The Hall–Kier alpha value is -19.5. The number of furan rings is 1. The highest BCUT2D eigenvalue weighted by molar-refractivity contribution is 7.26. The third kappa shape index (κ3) is 10.8. The zero-order chi connectivity index (χ0) is 97.2. The maximum atomic E-state index is 6.72. The standard InChI is InChI=1S/C47H30N4.C44H24N4O.C44H24N4S/c1-47(2)33-21-9-6-17-30(33)40-34(47)26-39-43-41(40)32-20-12-19-29-28-16-8-11-23-36(28)50(45(29)32)37-24-13-25-38(42(37)43)51(39)46-48-35-22-10-7-18-31(35)44(49-46)27-14-4-3-5-15-27;2*1-2-12-25(13-3-1)41-30-15-4-7-20-32(30)45-44(46-41)47-34-22-11-17-27-29-19-10-18-28-26-14-5-8-21-33(26)48(42(28)29)43-39-31-16-6-9-23-36(31)49-37(39)24-35(47)40(43)38(27)34/h3-26H,1-2H3;2*1-24H. The van der Waals surface area contributed by atoms with Crippen LogP contribution >= 0.6 is 11.3 Å². The van der Waals surface area contributed by atoms with Crippen molar-refractivity contribution >= 4 is 266 Å². The van der Waals surface area contributed by atoms with Gasteiger partial charge in [-0.15, -0.1) is 11.3 Å². The number of hydrogen-bond donors (Lipinski definition) is 0. The Morgan fingerprint density at radius 2 is 0.570 bits per heavy atom. The van der Waals surface area contributed by atoms with E-state index in [9.17, 15) is 0 Å². The van der Waals surface area contributed by atoms with E-state index >= 15 is 0 Å². The minimum atomic E-state index is -0.201. The van der Waals surface area contributed by atoms with E-state index in [0.717, 1.165) is 127 Å². The van der Waals surface area contributed by atoms with Gasteiger partial charge in [-0.05, 0) is 118 Å². The van der Waals surface area contributed by atoms with Gasteiger partial charge in [0.2, 0.25) is 17.8 Å². The summed E-state index contributed by atoms with van der Waals surface area (Å²) in [4.78, 5) is 32.2. The van der Waals surface area contributed by atoms with E-state index in [0.29, 0.717) is 17.8 Å². The van der Waals surface area contributed by atoms with Crippen molar-refractivity contribution in [2.45, 2.75) is 19.3 Å². The molecule has 0 spiro atoms. The molecule has 0 unspecified atom stereocenters. The van der Waals surface area contributed by atoms with Gasteiger partial charge in [0.1, 0.15) is 11.2 Å². The number of fused-ring (bicyclic) bond motifs is 30. The first-order chi connectivity index (χ1) is 73.8. The lowest BCUT2D eigenvalue weighted by atomic mass is 9.82. The third-order valence-electron chi connectivity index (χ3n) is 32.5. The van der Waals surface area contributed by atoms with Gasteiger partial charge < -0.3 is 17.6 Å². The Morgan fingerprint density at radius 1 is 0.208 bits per heavy atom. The maximum Gasteiger partial charge on any atom is 0.235 e. The van der Waals surface area contributed by atoms with E-state index in [-0.39, 0.29) is 5.41 Å². The second-order valence-electron chi connectivity index (χ2n) is 40.4. The number of aromatic nitrogens is 12. The molecule has 0 saturated carbocycles. The molecule has 0 bridgehead atoms. The SMILES string of the molecule is CC1(C)c2ccccc2-c2c1cc1c3c2c2cccc4c5ccccc5n(c5cccc(c35)n1-c1nc(-c3ccccc3)c3ccccc3n1)c42.c1ccc(-c2nc(-n3c4cccc5c6cccc7c8ccccc8n(c67)c6c7c(cc3c6c54)oc3ccccc37)nc3ccccc23)cc1.c1ccc(-c2nc(-n3c4cccc5c6cccc7c8ccccc8n(c67)c6c7c(cc3c6c54)sc3ccccc37)nc3ccccc23)cc1. The smallest absolute Gasteiger partial charge is 0.235 e. The molecule has 14 heteroatoms. The summed E-state index contributed by atoms with van der Waals surface area (Å²) >= 11 is 1.86. The van der Waals surface area contributed by atoms with Crippen molar-refractivity contribution < 1.29 is 4.42 Å². The van der Waals surface area contributed by atoms with Gasteiger partial charge in [-0.2, -0.15) is 0 Å². The van der Waals surface area contributed by atoms with Crippen LogP contribution in [0.2, 0.25) is 0 Å². The van der Waals surface area contributed by atoms with Crippen LogP contribution < -0.4 is 0 Å². The second-order valence-corrected chi connectivity index (χ2v) is 41.5. The molecule has 0 amide bonds. The predicted molar refractivity (Wildman–Crippen MR) is 620 cm³/mol. The van der Waals surface area contributed by atoms with E-state index in [2.05, 4.69) is 459 Å². The molecule has 21 aromatic carbocycles. The molecule has 0 aliphatic heterocycles. The summed E-state index contributed by atoms with van der Waals surface area (Å²) in [5, 5.41) is 30.2. The molecule has 149 heavy (non-hydrogen) atoms. The van der Waals surface area contributed by atoms with Crippen LogP contribution in [0.4, 0.5) is 0 Å². The van der Waals surface area contributed by atoms with Crippen LogP contribution in [0.25, 0.3) is 317 Å². The lowest BCUT2D eigenvalue weighted by molar-refractivity contribution is 0.661. The molecule has 1 aliphatic rings. The fourth-order valence-electron chi connectivity index (χ4n) is 26.5. The second kappa shape index (κ2) is 29.8. The molecular weight excluding hydrogens is 1840 g/mol. The summed E-state index contributed by atoms with van der Waals surface area (Å²) in [7, 11) is 0. The molecular formula is C135H78N12OS. The zero-order valence-electron chi connectivity index (χ0n) is 80.3. The van der Waals surface area contributed by atoms with Crippen LogP contribution in [-0.2, 0) is 5.41 Å². The first-order valence-corrected chi connectivity index (χ1v) is 51.7. The van der Waals surface area contributed by atoms with Crippen LogP contribution in [0.3, 0.4) is 0 Å². The minimum absolute atomic E-state index is 0.201. The summed E-state index contributed by atoms with van der Waals surface area (Å²) < 4.78 is 23.7. The molecule has 35 aromatic rings. The van der Waals surface area contributed by atoms with Gasteiger partial charge in [0.25, 0.3) is 0 Å². The van der Waals surface area contributed by atoms with E-state index in [1.807, 2.05) is 29.5 Å². The van der Waals surface area contributed by atoms with Gasteiger partial charge in [-0.3, -0.25) is 13.7 Å².